The monoisotopic (exact) mass is 272 g/mol. The molecule has 0 amide bonds. The molecule has 0 aromatic heterocycles. The van der Waals surface area contributed by atoms with Gasteiger partial charge in [0, 0.05) is 25.2 Å². The molecule has 2 nitrogen and oxygen atoms in total. The van der Waals surface area contributed by atoms with Crippen LogP contribution in [0.1, 0.15) is 48.4 Å². The molecule has 20 heavy (non-hydrogen) atoms. The Bertz CT molecular complexity index is 460. The zero-order valence-corrected chi connectivity index (χ0v) is 13.2. The molecular formula is C18H28N2. The molecule has 110 valence electrons. The minimum Gasteiger partial charge on any atom is -0.312 e. The Balaban J connectivity index is 1.70. The average Bonchev–Trinajstić information content (AvgIpc) is 3.26. The van der Waals surface area contributed by atoms with E-state index in [1.54, 1.807) is 0 Å². The second-order valence-corrected chi connectivity index (χ2v) is 6.83. The summed E-state index contributed by atoms with van der Waals surface area (Å²) in [6.07, 6.45) is 5.74. The van der Waals surface area contributed by atoms with Crippen LogP contribution < -0.4 is 5.32 Å². The van der Waals surface area contributed by atoms with Crippen molar-refractivity contribution in [1.82, 2.24) is 10.2 Å². The summed E-state index contributed by atoms with van der Waals surface area (Å²) >= 11 is 0. The second-order valence-electron chi connectivity index (χ2n) is 6.83. The van der Waals surface area contributed by atoms with Gasteiger partial charge in [0.05, 0.1) is 0 Å². The van der Waals surface area contributed by atoms with Crippen LogP contribution in [0.5, 0.6) is 0 Å². The maximum Gasteiger partial charge on any atom is 0.0449 e. The average molecular weight is 272 g/mol. The van der Waals surface area contributed by atoms with Crippen molar-refractivity contribution in [3.63, 3.8) is 0 Å². The highest BCUT2D eigenvalue weighted by atomic mass is 15.2. The number of hydrogen-bond acceptors (Lipinski definition) is 2. The maximum absolute atomic E-state index is 3.54. The van der Waals surface area contributed by atoms with Crippen molar-refractivity contribution in [2.45, 2.75) is 51.6 Å². The van der Waals surface area contributed by atoms with Gasteiger partial charge in [0.2, 0.25) is 0 Å². The van der Waals surface area contributed by atoms with Gasteiger partial charge < -0.3 is 5.32 Å². The van der Waals surface area contributed by atoms with Crippen molar-refractivity contribution < 1.29 is 0 Å². The van der Waals surface area contributed by atoms with E-state index in [-0.39, 0.29) is 0 Å². The minimum atomic E-state index is 0.468. The van der Waals surface area contributed by atoms with Crippen LogP contribution in [0.15, 0.2) is 18.2 Å². The fraction of sp³-hybridized carbons (Fsp3) is 0.667. The smallest absolute Gasteiger partial charge is 0.0449 e. The number of benzene rings is 1. The van der Waals surface area contributed by atoms with E-state index in [4.69, 9.17) is 0 Å². The molecule has 2 saturated carbocycles. The molecule has 0 aliphatic heterocycles. The van der Waals surface area contributed by atoms with E-state index in [1.807, 2.05) is 0 Å². The SMILES string of the molecule is CNC(CN(CC1CC1)C1CC1)c1ccc(C)cc1C. The van der Waals surface area contributed by atoms with Crippen LogP contribution in [0.4, 0.5) is 0 Å². The highest BCUT2D eigenvalue weighted by molar-refractivity contribution is 5.33. The van der Waals surface area contributed by atoms with Crippen LogP contribution in [0.25, 0.3) is 0 Å². The zero-order chi connectivity index (χ0) is 14.1. The van der Waals surface area contributed by atoms with E-state index in [0.717, 1.165) is 12.0 Å². The molecule has 2 fully saturated rings. The highest BCUT2D eigenvalue weighted by Gasteiger charge is 2.34. The number of rotatable bonds is 7. The normalized spacial score (nSPS) is 20.4. The van der Waals surface area contributed by atoms with Crippen molar-refractivity contribution in [2.75, 3.05) is 20.1 Å². The summed E-state index contributed by atoms with van der Waals surface area (Å²) in [5.41, 5.74) is 4.25. The maximum atomic E-state index is 3.54. The molecule has 0 heterocycles. The van der Waals surface area contributed by atoms with Gasteiger partial charge in [-0.2, -0.15) is 0 Å². The largest absolute Gasteiger partial charge is 0.312 e. The van der Waals surface area contributed by atoms with Crippen LogP contribution in [-0.4, -0.2) is 31.1 Å². The Hall–Kier alpha value is -0.860. The molecule has 1 aromatic rings. The van der Waals surface area contributed by atoms with E-state index in [2.05, 4.69) is 49.3 Å². The van der Waals surface area contributed by atoms with Gasteiger partial charge in [-0.3, -0.25) is 4.90 Å². The van der Waals surface area contributed by atoms with Gasteiger partial charge in [0.25, 0.3) is 0 Å². The number of likely N-dealkylation sites (N-methyl/N-ethyl adjacent to an activating group) is 1. The Labute approximate surface area is 123 Å². The predicted octanol–water partition coefficient (Wildman–Crippen LogP) is 3.44. The van der Waals surface area contributed by atoms with E-state index < -0.39 is 0 Å². The first-order chi connectivity index (χ1) is 9.67. The molecule has 1 unspecified atom stereocenters. The van der Waals surface area contributed by atoms with Crippen molar-refractivity contribution in [3.05, 3.63) is 34.9 Å². The van der Waals surface area contributed by atoms with Gasteiger partial charge in [-0.15, -0.1) is 0 Å². The molecule has 3 rings (SSSR count). The van der Waals surface area contributed by atoms with Crippen molar-refractivity contribution in [2.24, 2.45) is 5.92 Å². The van der Waals surface area contributed by atoms with Crippen LogP contribution in [0.3, 0.4) is 0 Å². The van der Waals surface area contributed by atoms with Crippen LogP contribution in [0, 0.1) is 19.8 Å². The van der Waals surface area contributed by atoms with Crippen molar-refractivity contribution in [3.8, 4) is 0 Å². The Morgan fingerprint density at radius 3 is 2.50 bits per heavy atom. The van der Waals surface area contributed by atoms with Crippen molar-refractivity contribution in [1.29, 1.82) is 0 Å². The molecule has 0 saturated heterocycles. The second kappa shape index (κ2) is 5.87. The highest BCUT2D eigenvalue weighted by Crippen LogP contribution is 2.36. The fourth-order valence-corrected chi connectivity index (χ4v) is 3.24. The number of nitrogens with one attached hydrogen (secondary N) is 1. The first-order valence-corrected chi connectivity index (χ1v) is 8.16. The molecule has 0 bridgehead atoms. The minimum absolute atomic E-state index is 0.468. The molecule has 0 spiro atoms. The summed E-state index contributed by atoms with van der Waals surface area (Å²) in [7, 11) is 2.10. The van der Waals surface area contributed by atoms with Gasteiger partial charge in [-0.25, -0.2) is 0 Å². The third kappa shape index (κ3) is 3.42. The standard InChI is InChI=1S/C18H28N2/c1-13-4-9-17(14(2)10-13)18(19-3)12-20(16-7-8-16)11-15-5-6-15/h4,9-10,15-16,18-19H,5-8,11-12H2,1-3H3. The number of hydrogen-bond donors (Lipinski definition) is 1. The van der Waals surface area contributed by atoms with E-state index >= 15 is 0 Å². The third-order valence-corrected chi connectivity index (χ3v) is 4.82. The van der Waals surface area contributed by atoms with Crippen LogP contribution in [0.2, 0.25) is 0 Å². The van der Waals surface area contributed by atoms with Crippen molar-refractivity contribution >= 4 is 0 Å². The van der Waals surface area contributed by atoms with Crippen LogP contribution >= 0.6 is 0 Å². The van der Waals surface area contributed by atoms with Gasteiger partial charge in [-0.05, 0) is 63.6 Å². The fourth-order valence-electron chi connectivity index (χ4n) is 3.24. The summed E-state index contributed by atoms with van der Waals surface area (Å²) < 4.78 is 0. The van der Waals surface area contributed by atoms with Gasteiger partial charge >= 0.3 is 0 Å². The molecular weight excluding hydrogens is 244 g/mol. The quantitative estimate of drug-likeness (QED) is 0.818. The molecule has 1 aromatic carbocycles. The Kier molecular flexibility index (Phi) is 4.13. The Morgan fingerprint density at radius 1 is 1.20 bits per heavy atom. The number of aryl methyl sites for hydroxylation is 2. The van der Waals surface area contributed by atoms with Crippen LogP contribution in [-0.2, 0) is 0 Å². The number of nitrogens with zero attached hydrogens (tertiary/aromatic N) is 1. The summed E-state index contributed by atoms with van der Waals surface area (Å²) in [5, 5.41) is 3.54. The lowest BCUT2D eigenvalue weighted by Crippen LogP contribution is -2.37. The molecule has 2 aliphatic rings. The Morgan fingerprint density at radius 2 is 1.95 bits per heavy atom. The predicted molar refractivity (Wildman–Crippen MR) is 85.0 cm³/mol. The van der Waals surface area contributed by atoms with Gasteiger partial charge in [-0.1, -0.05) is 23.8 Å². The topological polar surface area (TPSA) is 15.3 Å². The lowest BCUT2D eigenvalue weighted by atomic mass is 9.98. The zero-order valence-electron chi connectivity index (χ0n) is 13.2. The summed E-state index contributed by atoms with van der Waals surface area (Å²) in [6.45, 7) is 6.92. The summed E-state index contributed by atoms with van der Waals surface area (Å²) in [6, 6.07) is 8.21. The lowest BCUT2D eigenvalue weighted by Gasteiger charge is -2.28. The van der Waals surface area contributed by atoms with E-state index in [9.17, 15) is 0 Å². The molecule has 2 heteroatoms. The molecule has 1 atom stereocenters. The lowest BCUT2D eigenvalue weighted by molar-refractivity contribution is 0.227. The summed E-state index contributed by atoms with van der Waals surface area (Å²) in [4.78, 5) is 2.75. The molecule has 1 N–H and O–H groups in total. The van der Waals surface area contributed by atoms with E-state index in [0.29, 0.717) is 6.04 Å². The molecule has 0 radical (unpaired) electrons. The molecule has 2 aliphatic carbocycles. The first kappa shape index (κ1) is 14.1. The van der Waals surface area contributed by atoms with Gasteiger partial charge in [0.15, 0.2) is 0 Å². The first-order valence-electron chi connectivity index (χ1n) is 8.16. The van der Waals surface area contributed by atoms with E-state index in [1.165, 1.54) is 55.5 Å². The summed E-state index contributed by atoms with van der Waals surface area (Å²) in [5.74, 6) is 0.993. The third-order valence-electron chi connectivity index (χ3n) is 4.82. The van der Waals surface area contributed by atoms with Gasteiger partial charge in [0.1, 0.15) is 0 Å².